The van der Waals surface area contributed by atoms with Gasteiger partial charge in [0.25, 0.3) is 0 Å². The number of carbonyl (C=O) groups excluding carboxylic acids is 1. The topological polar surface area (TPSA) is 20.3 Å². The van der Waals surface area contributed by atoms with Gasteiger partial charge < -0.3 is 9.69 Å². The summed E-state index contributed by atoms with van der Waals surface area (Å²) in [5.74, 6) is 0.374. The molecule has 0 bridgehead atoms. The lowest BCUT2D eigenvalue weighted by Gasteiger charge is -2.32. The van der Waals surface area contributed by atoms with Gasteiger partial charge in [-0.25, -0.2) is 0 Å². The van der Waals surface area contributed by atoms with E-state index in [4.69, 9.17) is 0 Å². The third kappa shape index (κ3) is 2.11. The third-order valence-corrected chi connectivity index (χ3v) is 3.59. The minimum atomic E-state index is 0.374. The van der Waals surface area contributed by atoms with Crippen molar-refractivity contribution in [2.24, 2.45) is 5.92 Å². The Morgan fingerprint density at radius 3 is 2.15 bits per heavy atom. The van der Waals surface area contributed by atoms with Crippen LogP contribution in [0.1, 0.15) is 38.5 Å². The Morgan fingerprint density at radius 1 is 1.00 bits per heavy atom. The predicted octanol–water partition coefficient (Wildman–Crippen LogP) is 1.84. The molecule has 74 valence electrons. The van der Waals surface area contributed by atoms with E-state index in [0.717, 1.165) is 25.2 Å². The molecule has 0 radical (unpaired) electrons. The van der Waals surface area contributed by atoms with E-state index in [1.165, 1.54) is 38.8 Å². The number of rotatable bonds is 2. The molecule has 0 aromatic rings. The average molecular weight is 181 g/mol. The Labute approximate surface area is 80.3 Å². The molecule has 0 aromatic carbocycles. The first-order valence-corrected chi connectivity index (χ1v) is 5.59. The van der Waals surface area contributed by atoms with Crippen LogP contribution in [0, 0.1) is 5.92 Å². The van der Waals surface area contributed by atoms with E-state index >= 15 is 0 Å². The number of hydrogen-bond donors (Lipinski definition) is 0. The van der Waals surface area contributed by atoms with Crippen LogP contribution in [0.15, 0.2) is 0 Å². The predicted molar refractivity (Wildman–Crippen MR) is 52.6 cm³/mol. The van der Waals surface area contributed by atoms with Gasteiger partial charge >= 0.3 is 0 Å². The molecule has 1 aliphatic heterocycles. The van der Waals surface area contributed by atoms with Crippen LogP contribution in [-0.4, -0.2) is 30.3 Å². The number of carbonyl (C=O) groups is 1. The number of nitrogens with zero attached hydrogens (tertiary/aromatic N) is 1. The molecule has 2 heteroatoms. The van der Waals surface area contributed by atoms with Crippen molar-refractivity contribution in [2.45, 2.75) is 44.6 Å². The van der Waals surface area contributed by atoms with Gasteiger partial charge in [0.1, 0.15) is 6.29 Å². The molecule has 2 nitrogen and oxygen atoms in total. The van der Waals surface area contributed by atoms with Crippen molar-refractivity contribution in [1.82, 2.24) is 4.90 Å². The Morgan fingerprint density at radius 2 is 1.62 bits per heavy atom. The second kappa shape index (κ2) is 4.23. The zero-order valence-electron chi connectivity index (χ0n) is 8.24. The lowest BCUT2D eigenvalue weighted by atomic mass is 9.86. The lowest BCUT2D eigenvalue weighted by Crippen LogP contribution is -2.36. The molecule has 0 unspecified atom stereocenters. The van der Waals surface area contributed by atoms with Crippen LogP contribution in [0.25, 0.3) is 0 Å². The highest BCUT2D eigenvalue weighted by molar-refractivity contribution is 5.53. The van der Waals surface area contributed by atoms with Crippen LogP contribution in [0.5, 0.6) is 0 Å². The minimum absolute atomic E-state index is 0.374. The van der Waals surface area contributed by atoms with Gasteiger partial charge in [0.15, 0.2) is 0 Å². The highest BCUT2D eigenvalue weighted by Crippen LogP contribution is 2.28. The maximum absolute atomic E-state index is 10.6. The van der Waals surface area contributed by atoms with Gasteiger partial charge in [0, 0.05) is 12.0 Å². The molecule has 2 aliphatic rings. The average Bonchev–Trinajstić information content (AvgIpc) is 2.71. The second-order valence-electron chi connectivity index (χ2n) is 4.45. The first kappa shape index (κ1) is 9.20. The van der Waals surface area contributed by atoms with Gasteiger partial charge in [-0.05, 0) is 51.6 Å². The Bertz CT molecular complexity index is 167. The first-order chi connectivity index (χ1) is 6.40. The summed E-state index contributed by atoms with van der Waals surface area (Å²) in [5.41, 5.74) is 0. The molecular weight excluding hydrogens is 162 g/mol. The molecule has 2 fully saturated rings. The van der Waals surface area contributed by atoms with Crippen molar-refractivity contribution in [3.8, 4) is 0 Å². The molecule has 2 rings (SSSR count). The van der Waals surface area contributed by atoms with E-state index in [9.17, 15) is 4.79 Å². The molecular formula is C11H19NO. The molecule has 1 saturated heterocycles. The third-order valence-electron chi connectivity index (χ3n) is 3.59. The standard InChI is InChI=1S/C11H19NO/c13-9-10-3-5-11(6-4-10)12-7-1-2-8-12/h9-11H,1-8H2. The maximum atomic E-state index is 10.6. The van der Waals surface area contributed by atoms with Crippen LogP contribution in [0.4, 0.5) is 0 Å². The molecule has 0 aromatic heterocycles. The highest BCUT2D eigenvalue weighted by atomic mass is 16.1. The largest absolute Gasteiger partial charge is 0.303 e. The highest BCUT2D eigenvalue weighted by Gasteiger charge is 2.26. The van der Waals surface area contributed by atoms with Gasteiger partial charge in [-0.3, -0.25) is 0 Å². The molecule has 0 amide bonds. The van der Waals surface area contributed by atoms with E-state index in [1.807, 2.05) is 0 Å². The van der Waals surface area contributed by atoms with Crippen molar-refractivity contribution < 1.29 is 4.79 Å². The molecule has 0 N–H and O–H groups in total. The molecule has 0 spiro atoms. The van der Waals surface area contributed by atoms with E-state index in [2.05, 4.69) is 4.90 Å². The van der Waals surface area contributed by atoms with Gasteiger partial charge in [0.05, 0.1) is 0 Å². The van der Waals surface area contributed by atoms with Crippen molar-refractivity contribution in [3.63, 3.8) is 0 Å². The van der Waals surface area contributed by atoms with Crippen LogP contribution in [0.2, 0.25) is 0 Å². The molecule has 1 heterocycles. The summed E-state index contributed by atoms with van der Waals surface area (Å²) >= 11 is 0. The Balaban J connectivity index is 1.79. The lowest BCUT2D eigenvalue weighted by molar-refractivity contribution is -0.112. The zero-order chi connectivity index (χ0) is 9.10. The summed E-state index contributed by atoms with van der Waals surface area (Å²) in [4.78, 5) is 13.2. The van der Waals surface area contributed by atoms with E-state index in [0.29, 0.717) is 5.92 Å². The van der Waals surface area contributed by atoms with Gasteiger partial charge in [-0.1, -0.05) is 0 Å². The maximum Gasteiger partial charge on any atom is 0.123 e. The summed E-state index contributed by atoms with van der Waals surface area (Å²) < 4.78 is 0. The number of likely N-dealkylation sites (tertiary alicyclic amines) is 1. The summed E-state index contributed by atoms with van der Waals surface area (Å²) in [6, 6.07) is 0.804. The van der Waals surface area contributed by atoms with E-state index in [-0.39, 0.29) is 0 Å². The van der Waals surface area contributed by atoms with Crippen molar-refractivity contribution in [3.05, 3.63) is 0 Å². The summed E-state index contributed by atoms with van der Waals surface area (Å²) in [6.07, 6.45) is 8.68. The molecule has 0 atom stereocenters. The normalized spacial score (nSPS) is 36.3. The monoisotopic (exact) mass is 181 g/mol. The molecule has 13 heavy (non-hydrogen) atoms. The Kier molecular flexibility index (Phi) is 2.99. The molecule has 1 saturated carbocycles. The van der Waals surface area contributed by atoms with Gasteiger partial charge in [-0.15, -0.1) is 0 Å². The first-order valence-electron chi connectivity index (χ1n) is 5.59. The fourth-order valence-corrected chi connectivity index (χ4v) is 2.71. The minimum Gasteiger partial charge on any atom is -0.303 e. The van der Waals surface area contributed by atoms with Crippen LogP contribution >= 0.6 is 0 Å². The quantitative estimate of drug-likeness (QED) is 0.606. The fraction of sp³-hybridized carbons (Fsp3) is 0.909. The van der Waals surface area contributed by atoms with Gasteiger partial charge in [-0.2, -0.15) is 0 Å². The van der Waals surface area contributed by atoms with Crippen LogP contribution < -0.4 is 0 Å². The summed E-state index contributed by atoms with van der Waals surface area (Å²) in [5, 5.41) is 0. The van der Waals surface area contributed by atoms with Crippen LogP contribution in [0.3, 0.4) is 0 Å². The summed E-state index contributed by atoms with van der Waals surface area (Å²) in [6.45, 7) is 2.60. The van der Waals surface area contributed by atoms with Crippen molar-refractivity contribution in [1.29, 1.82) is 0 Å². The van der Waals surface area contributed by atoms with Crippen molar-refractivity contribution >= 4 is 6.29 Å². The second-order valence-corrected chi connectivity index (χ2v) is 4.45. The SMILES string of the molecule is O=CC1CCC(N2CCCC2)CC1. The van der Waals surface area contributed by atoms with Crippen molar-refractivity contribution in [2.75, 3.05) is 13.1 Å². The molecule has 1 aliphatic carbocycles. The zero-order valence-corrected chi connectivity index (χ0v) is 8.24. The van der Waals surface area contributed by atoms with Gasteiger partial charge in [0.2, 0.25) is 0 Å². The van der Waals surface area contributed by atoms with Crippen LogP contribution in [-0.2, 0) is 4.79 Å². The van der Waals surface area contributed by atoms with E-state index < -0.39 is 0 Å². The Hall–Kier alpha value is -0.370. The number of hydrogen-bond acceptors (Lipinski definition) is 2. The fourth-order valence-electron chi connectivity index (χ4n) is 2.71. The smallest absolute Gasteiger partial charge is 0.123 e. The van der Waals surface area contributed by atoms with E-state index in [1.54, 1.807) is 0 Å². The number of aldehydes is 1. The summed E-state index contributed by atoms with van der Waals surface area (Å²) in [7, 11) is 0.